The Hall–Kier alpha value is -1.94. The van der Waals surface area contributed by atoms with Crippen molar-refractivity contribution >= 4 is 39.5 Å². The van der Waals surface area contributed by atoms with E-state index in [0.29, 0.717) is 25.7 Å². The van der Waals surface area contributed by atoms with Crippen LogP contribution in [0.5, 0.6) is 0 Å². The van der Waals surface area contributed by atoms with Crippen LogP contribution in [-0.4, -0.2) is 96.7 Å². The molecule has 0 heterocycles. The van der Waals surface area contributed by atoms with E-state index >= 15 is 0 Å². The first-order chi connectivity index (χ1) is 50.4. The van der Waals surface area contributed by atoms with Gasteiger partial charge in [-0.1, -0.05) is 401 Å². The van der Waals surface area contributed by atoms with Gasteiger partial charge in [-0.05, 0) is 37.5 Å². The van der Waals surface area contributed by atoms with Crippen molar-refractivity contribution in [3.8, 4) is 0 Å². The largest absolute Gasteiger partial charge is 0.472 e. The zero-order valence-electron chi connectivity index (χ0n) is 68.3. The quantitative estimate of drug-likeness (QED) is 0.0222. The highest BCUT2D eigenvalue weighted by Crippen LogP contribution is 2.45. The van der Waals surface area contributed by atoms with E-state index in [2.05, 4.69) is 41.5 Å². The van der Waals surface area contributed by atoms with Gasteiger partial charge in [-0.3, -0.25) is 37.3 Å². The lowest BCUT2D eigenvalue weighted by Gasteiger charge is -2.21. The first-order valence-corrected chi connectivity index (χ1v) is 47.0. The molecule has 0 radical (unpaired) electrons. The summed E-state index contributed by atoms with van der Waals surface area (Å²) in [7, 11) is -9.93. The summed E-state index contributed by atoms with van der Waals surface area (Å²) in [6.45, 7) is 9.67. The number of phosphoric ester groups is 2. The van der Waals surface area contributed by atoms with E-state index in [-0.39, 0.29) is 25.7 Å². The zero-order valence-corrected chi connectivity index (χ0v) is 70.1. The van der Waals surface area contributed by atoms with Gasteiger partial charge in [-0.15, -0.1) is 0 Å². The number of hydrogen-bond acceptors (Lipinski definition) is 15. The Balaban J connectivity index is 5.25. The summed E-state index contributed by atoms with van der Waals surface area (Å²) >= 11 is 0. The molecule has 0 aromatic heterocycles. The van der Waals surface area contributed by atoms with Gasteiger partial charge in [-0.2, -0.15) is 0 Å². The topological polar surface area (TPSA) is 237 Å². The third-order valence-electron chi connectivity index (χ3n) is 20.0. The van der Waals surface area contributed by atoms with Gasteiger partial charge >= 0.3 is 39.5 Å². The predicted molar refractivity (Wildman–Crippen MR) is 428 cm³/mol. The van der Waals surface area contributed by atoms with Crippen LogP contribution in [0.4, 0.5) is 0 Å². The van der Waals surface area contributed by atoms with Crippen molar-refractivity contribution in [2.45, 2.75) is 471 Å². The van der Waals surface area contributed by atoms with E-state index in [9.17, 15) is 43.2 Å². The SMILES string of the molecule is CCCCCCCCCCCCCCCCCCCC(=O)OC[C@H](COP(=O)(O)OC[C@@H](O)COP(=O)(O)OC[C@@H](COC(=O)CCCCCCCCCCC(C)C)OC(=O)CCCCCCCCCCCCCCCCCCC)OC(=O)CCCCCCCCCCCCCCCCCCC(C)C. The summed E-state index contributed by atoms with van der Waals surface area (Å²) in [5.74, 6) is -0.567. The Morgan fingerprint density at radius 2 is 0.442 bits per heavy atom. The third kappa shape index (κ3) is 78.2. The Morgan fingerprint density at radius 3 is 0.654 bits per heavy atom. The normalized spacial score (nSPS) is 13.8. The molecule has 0 aliphatic heterocycles. The maximum absolute atomic E-state index is 13.1. The highest BCUT2D eigenvalue weighted by Gasteiger charge is 2.30. The molecule has 0 aliphatic carbocycles. The summed E-state index contributed by atoms with van der Waals surface area (Å²) in [5, 5.41) is 10.7. The number of hydrogen-bond donors (Lipinski definition) is 3. The maximum Gasteiger partial charge on any atom is 0.472 e. The summed E-state index contributed by atoms with van der Waals surface area (Å²) in [5.41, 5.74) is 0. The summed E-state index contributed by atoms with van der Waals surface area (Å²) in [6, 6.07) is 0. The lowest BCUT2D eigenvalue weighted by Crippen LogP contribution is -2.30. The molecule has 618 valence electrons. The van der Waals surface area contributed by atoms with Gasteiger partial charge in [0.25, 0.3) is 0 Å². The van der Waals surface area contributed by atoms with Gasteiger partial charge in [0.1, 0.15) is 19.3 Å². The Morgan fingerprint density at radius 1 is 0.260 bits per heavy atom. The van der Waals surface area contributed by atoms with E-state index in [1.807, 2.05) is 0 Å². The molecule has 0 amide bonds. The Bertz CT molecular complexity index is 1990. The van der Waals surface area contributed by atoms with Crippen LogP contribution in [0, 0.1) is 11.8 Å². The van der Waals surface area contributed by atoms with Crippen molar-refractivity contribution < 1.29 is 80.2 Å². The minimum atomic E-state index is -4.96. The maximum atomic E-state index is 13.1. The second kappa shape index (κ2) is 76.4. The molecule has 5 atom stereocenters. The van der Waals surface area contributed by atoms with E-state index in [0.717, 1.165) is 102 Å². The fourth-order valence-corrected chi connectivity index (χ4v) is 14.8. The van der Waals surface area contributed by atoms with Crippen LogP contribution in [0.1, 0.15) is 452 Å². The van der Waals surface area contributed by atoms with Crippen molar-refractivity contribution in [3.63, 3.8) is 0 Å². The summed E-state index contributed by atoms with van der Waals surface area (Å²) < 4.78 is 68.9. The minimum absolute atomic E-state index is 0.108. The zero-order chi connectivity index (χ0) is 76.4. The van der Waals surface area contributed by atoms with Crippen LogP contribution < -0.4 is 0 Å². The fourth-order valence-electron chi connectivity index (χ4n) is 13.2. The van der Waals surface area contributed by atoms with Crippen LogP contribution in [0.15, 0.2) is 0 Å². The minimum Gasteiger partial charge on any atom is -0.462 e. The number of unbranched alkanes of at least 4 members (excludes halogenated alkanes) is 54. The van der Waals surface area contributed by atoms with Crippen LogP contribution >= 0.6 is 15.6 Å². The van der Waals surface area contributed by atoms with Crippen LogP contribution in [-0.2, 0) is 65.4 Å². The second-order valence-electron chi connectivity index (χ2n) is 31.5. The molecule has 0 fully saturated rings. The van der Waals surface area contributed by atoms with E-state index < -0.39 is 97.5 Å². The molecule has 0 bridgehead atoms. The highest BCUT2D eigenvalue weighted by molar-refractivity contribution is 7.47. The van der Waals surface area contributed by atoms with E-state index in [1.54, 1.807) is 0 Å². The van der Waals surface area contributed by atoms with Gasteiger partial charge in [0.15, 0.2) is 12.2 Å². The highest BCUT2D eigenvalue weighted by atomic mass is 31.2. The number of carbonyl (C=O) groups is 4. The number of phosphoric acid groups is 2. The predicted octanol–water partition coefficient (Wildman–Crippen LogP) is 25.8. The molecule has 0 aromatic rings. The lowest BCUT2D eigenvalue weighted by atomic mass is 10.0. The van der Waals surface area contributed by atoms with Crippen LogP contribution in [0.3, 0.4) is 0 Å². The van der Waals surface area contributed by atoms with Crippen molar-refractivity contribution in [2.24, 2.45) is 11.8 Å². The molecule has 3 N–H and O–H groups in total. The molecule has 19 heteroatoms. The summed E-state index contributed by atoms with van der Waals surface area (Å²) in [4.78, 5) is 73.2. The molecule has 0 saturated heterocycles. The monoisotopic (exact) mass is 1520 g/mol. The Labute approximate surface area is 638 Å². The first kappa shape index (κ1) is 102. The second-order valence-corrected chi connectivity index (χ2v) is 34.4. The number of rotatable bonds is 84. The van der Waals surface area contributed by atoms with Gasteiger partial charge in [-0.25, -0.2) is 9.13 Å². The van der Waals surface area contributed by atoms with Crippen molar-refractivity contribution in [1.82, 2.24) is 0 Å². The molecule has 2 unspecified atom stereocenters. The smallest absolute Gasteiger partial charge is 0.462 e. The molecule has 104 heavy (non-hydrogen) atoms. The fraction of sp³-hybridized carbons (Fsp3) is 0.953. The van der Waals surface area contributed by atoms with Crippen molar-refractivity contribution in [3.05, 3.63) is 0 Å². The summed E-state index contributed by atoms with van der Waals surface area (Å²) in [6.07, 6.45) is 68.0. The Kier molecular flexibility index (Phi) is 75.0. The average molecular weight is 1520 g/mol. The van der Waals surface area contributed by atoms with Crippen molar-refractivity contribution in [1.29, 1.82) is 0 Å². The van der Waals surface area contributed by atoms with Gasteiger partial charge in [0.05, 0.1) is 26.4 Å². The van der Waals surface area contributed by atoms with Crippen LogP contribution in [0.25, 0.3) is 0 Å². The average Bonchev–Trinajstić information content (AvgIpc) is 1.28. The van der Waals surface area contributed by atoms with Crippen molar-refractivity contribution in [2.75, 3.05) is 39.6 Å². The van der Waals surface area contributed by atoms with Gasteiger partial charge < -0.3 is 33.8 Å². The molecule has 0 rings (SSSR count). The third-order valence-corrected chi connectivity index (χ3v) is 21.9. The van der Waals surface area contributed by atoms with Crippen LogP contribution in [0.2, 0.25) is 0 Å². The number of ether oxygens (including phenoxy) is 4. The number of aliphatic hydroxyl groups excluding tert-OH is 1. The molecule has 0 saturated carbocycles. The molecule has 17 nitrogen and oxygen atoms in total. The molecule has 0 spiro atoms. The number of esters is 4. The van der Waals surface area contributed by atoms with Gasteiger partial charge in [0.2, 0.25) is 0 Å². The van der Waals surface area contributed by atoms with E-state index in [1.165, 1.54) is 270 Å². The molecule has 0 aliphatic rings. The first-order valence-electron chi connectivity index (χ1n) is 44.0. The number of carbonyl (C=O) groups excluding carboxylic acids is 4. The van der Waals surface area contributed by atoms with Gasteiger partial charge in [0, 0.05) is 25.7 Å². The molecular formula is C85H166O17P2. The van der Waals surface area contributed by atoms with E-state index in [4.69, 9.17) is 37.0 Å². The lowest BCUT2D eigenvalue weighted by molar-refractivity contribution is -0.161. The number of aliphatic hydroxyl groups is 1. The molecular weight excluding hydrogens is 1350 g/mol. The molecule has 0 aromatic carbocycles. The standard InChI is InChI=1S/C85H166O17P2/c1-7-9-11-13-15-17-19-21-23-25-30-34-38-42-49-55-61-67-82(87)95-73-80(101-84(89)69-64-58-52-44-40-36-32-28-27-29-33-37-41-47-53-59-65-77(3)4)75-99-103(91,92)97-71-79(86)72-98-104(93,94)100-76-81(74-96-83(88)68-62-56-50-46-45-48-54-60-66-78(5)6)102-85(90)70-63-57-51-43-39-35-31-26-24-22-20-18-16-14-12-10-8-2/h77-81,86H,7-76H2,1-6H3,(H,91,92)(H,93,94)/t79-,80-,81-/m1/s1.